The van der Waals surface area contributed by atoms with Crippen molar-refractivity contribution in [1.29, 1.82) is 0 Å². The van der Waals surface area contributed by atoms with Crippen LogP contribution in [0.3, 0.4) is 0 Å². The standard InChI is InChI=1S/C13H26/c1-6-8-12(4)10-13(5)9-11(3)7-2/h7,12-13H,6,8-10H2,1-5H3/b11-7+. The lowest BCUT2D eigenvalue weighted by atomic mass is 9.90. The van der Waals surface area contributed by atoms with Gasteiger partial charge in [-0.2, -0.15) is 0 Å². The van der Waals surface area contributed by atoms with Gasteiger partial charge in [-0.25, -0.2) is 0 Å². The van der Waals surface area contributed by atoms with Crippen molar-refractivity contribution >= 4 is 0 Å². The molecule has 0 aliphatic rings. The first kappa shape index (κ1) is 12.7. The molecule has 78 valence electrons. The Balaban J connectivity index is 3.67. The molecule has 0 amide bonds. The lowest BCUT2D eigenvalue weighted by Gasteiger charge is -2.16. The third-order valence-corrected chi connectivity index (χ3v) is 2.75. The smallest absolute Gasteiger partial charge is 0.0297 e. The summed E-state index contributed by atoms with van der Waals surface area (Å²) in [6, 6.07) is 0. The van der Waals surface area contributed by atoms with Crippen LogP contribution < -0.4 is 0 Å². The van der Waals surface area contributed by atoms with Gasteiger partial charge in [-0.15, -0.1) is 0 Å². The van der Waals surface area contributed by atoms with Crippen molar-refractivity contribution < 1.29 is 0 Å². The van der Waals surface area contributed by atoms with Crippen molar-refractivity contribution in [1.82, 2.24) is 0 Å². The van der Waals surface area contributed by atoms with E-state index in [1.165, 1.54) is 31.3 Å². The summed E-state index contributed by atoms with van der Waals surface area (Å²) in [6.45, 7) is 11.4. The van der Waals surface area contributed by atoms with Gasteiger partial charge in [0.1, 0.15) is 0 Å². The third-order valence-electron chi connectivity index (χ3n) is 2.75. The van der Waals surface area contributed by atoms with E-state index in [0.29, 0.717) is 0 Å². The average Bonchev–Trinajstić information content (AvgIpc) is 2.04. The molecule has 0 aliphatic heterocycles. The summed E-state index contributed by atoms with van der Waals surface area (Å²) < 4.78 is 0. The van der Waals surface area contributed by atoms with Crippen molar-refractivity contribution in [3.8, 4) is 0 Å². The average molecular weight is 182 g/mol. The van der Waals surface area contributed by atoms with Gasteiger partial charge in [-0.3, -0.25) is 0 Å². The van der Waals surface area contributed by atoms with Crippen molar-refractivity contribution in [2.75, 3.05) is 0 Å². The second-order valence-corrected chi connectivity index (χ2v) is 4.57. The fraction of sp³-hybridized carbons (Fsp3) is 0.846. The Morgan fingerprint density at radius 2 is 1.85 bits per heavy atom. The normalized spacial score (nSPS) is 17.2. The maximum Gasteiger partial charge on any atom is -0.0297 e. The van der Waals surface area contributed by atoms with Gasteiger partial charge in [0.25, 0.3) is 0 Å². The molecule has 0 aromatic heterocycles. The van der Waals surface area contributed by atoms with E-state index in [1.807, 2.05) is 0 Å². The lowest BCUT2D eigenvalue weighted by Crippen LogP contribution is -2.03. The van der Waals surface area contributed by atoms with E-state index < -0.39 is 0 Å². The number of hydrogen-bond acceptors (Lipinski definition) is 0. The van der Waals surface area contributed by atoms with Crippen LogP contribution in [0.5, 0.6) is 0 Å². The Hall–Kier alpha value is -0.260. The summed E-state index contributed by atoms with van der Waals surface area (Å²) in [7, 11) is 0. The molecule has 0 aliphatic carbocycles. The van der Waals surface area contributed by atoms with E-state index in [1.54, 1.807) is 0 Å². The molecule has 0 heteroatoms. The maximum atomic E-state index is 2.38. The molecular weight excluding hydrogens is 156 g/mol. The predicted molar refractivity (Wildman–Crippen MR) is 61.9 cm³/mol. The highest BCUT2D eigenvalue weighted by molar-refractivity contribution is 4.96. The molecule has 0 fully saturated rings. The Labute approximate surface area is 84.4 Å². The van der Waals surface area contributed by atoms with Crippen LogP contribution in [0.25, 0.3) is 0 Å². The molecule has 0 aromatic rings. The van der Waals surface area contributed by atoms with Gasteiger partial charge in [-0.1, -0.05) is 45.3 Å². The minimum absolute atomic E-state index is 0.859. The van der Waals surface area contributed by atoms with Gasteiger partial charge in [0, 0.05) is 0 Å². The number of allylic oxidation sites excluding steroid dienone is 2. The van der Waals surface area contributed by atoms with Crippen LogP contribution in [0.15, 0.2) is 11.6 Å². The minimum atomic E-state index is 0.859. The monoisotopic (exact) mass is 182 g/mol. The molecule has 0 saturated heterocycles. The van der Waals surface area contributed by atoms with E-state index in [2.05, 4.69) is 40.7 Å². The molecular formula is C13H26. The molecule has 13 heavy (non-hydrogen) atoms. The SMILES string of the molecule is C/C=C(\C)CC(C)CC(C)CCC. The quantitative estimate of drug-likeness (QED) is 0.517. The molecule has 0 heterocycles. The van der Waals surface area contributed by atoms with Crippen molar-refractivity contribution in [3.63, 3.8) is 0 Å². The van der Waals surface area contributed by atoms with Gasteiger partial charge in [0.05, 0.1) is 0 Å². The third kappa shape index (κ3) is 6.86. The molecule has 2 unspecified atom stereocenters. The second-order valence-electron chi connectivity index (χ2n) is 4.57. The van der Waals surface area contributed by atoms with Crippen LogP contribution in [-0.2, 0) is 0 Å². The maximum absolute atomic E-state index is 2.38. The summed E-state index contributed by atoms with van der Waals surface area (Å²) in [4.78, 5) is 0. The van der Waals surface area contributed by atoms with Gasteiger partial charge < -0.3 is 0 Å². The molecule has 0 spiro atoms. The van der Waals surface area contributed by atoms with Crippen LogP contribution in [0.2, 0.25) is 0 Å². The fourth-order valence-electron chi connectivity index (χ4n) is 2.05. The van der Waals surface area contributed by atoms with Crippen LogP contribution in [0.1, 0.15) is 60.3 Å². The lowest BCUT2D eigenvalue weighted by molar-refractivity contribution is 0.389. The highest BCUT2D eigenvalue weighted by Gasteiger charge is 2.08. The van der Waals surface area contributed by atoms with E-state index in [-0.39, 0.29) is 0 Å². The minimum Gasteiger partial charge on any atom is -0.0887 e. The summed E-state index contributed by atoms with van der Waals surface area (Å²) >= 11 is 0. The first-order valence-corrected chi connectivity index (χ1v) is 5.71. The summed E-state index contributed by atoms with van der Waals surface area (Å²) in [5.41, 5.74) is 1.54. The van der Waals surface area contributed by atoms with Crippen molar-refractivity contribution in [2.45, 2.75) is 60.3 Å². The Morgan fingerprint density at radius 3 is 2.31 bits per heavy atom. The zero-order valence-corrected chi connectivity index (χ0v) is 10.1. The summed E-state index contributed by atoms with van der Waals surface area (Å²) in [5, 5.41) is 0. The van der Waals surface area contributed by atoms with Crippen LogP contribution >= 0.6 is 0 Å². The molecule has 0 bridgehead atoms. The molecule has 2 atom stereocenters. The molecule has 0 nitrogen and oxygen atoms in total. The predicted octanol–water partition coefficient (Wildman–Crippen LogP) is 4.81. The Kier molecular flexibility index (Phi) is 7.03. The highest BCUT2D eigenvalue weighted by Crippen LogP contribution is 2.21. The molecule has 0 rings (SSSR count). The molecule has 0 radical (unpaired) electrons. The zero-order chi connectivity index (χ0) is 10.3. The topological polar surface area (TPSA) is 0 Å². The van der Waals surface area contributed by atoms with Crippen LogP contribution in [-0.4, -0.2) is 0 Å². The zero-order valence-electron chi connectivity index (χ0n) is 10.1. The van der Waals surface area contributed by atoms with E-state index >= 15 is 0 Å². The van der Waals surface area contributed by atoms with E-state index in [0.717, 1.165) is 11.8 Å². The summed E-state index contributed by atoms with van der Waals surface area (Å²) in [6.07, 6.45) is 7.63. The fourth-order valence-corrected chi connectivity index (χ4v) is 2.05. The van der Waals surface area contributed by atoms with Gasteiger partial charge in [-0.05, 0) is 38.5 Å². The number of rotatable bonds is 6. The molecule has 0 N–H and O–H groups in total. The van der Waals surface area contributed by atoms with Gasteiger partial charge >= 0.3 is 0 Å². The highest BCUT2D eigenvalue weighted by atomic mass is 14.1. The molecule has 0 saturated carbocycles. The van der Waals surface area contributed by atoms with Gasteiger partial charge in [0.2, 0.25) is 0 Å². The van der Waals surface area contributed by atoms with Crippen molar-refractivity contribution in [3.05, 3.63) is 11.6 Å². The first-order valence-electron chi connectivity index (χ1n) is 5.71. The Bertz CT molecular complexity index is 144. The summed E-state index contributed by atoms with van der Waals surface area (Å²) in [5.74, 6) is 1.77. The van der Waals surface area contributed by atoms with E-state index in [4.69, 9.17) is 0 Å². The van der Waals surface area contributed by atoms with Crippen LogP contribution in [0, 0.1) is 11.8 Å². The largest absolute Gasteiger partial charge is 0.0887 e. The molecule has 0 aromatic carbocycles. The number of hydrogen-bond donors (Lipinski definition) is 0. The Morgan fingerprint density at radius 1 is 1.23 bits per heavy atom. The van der Waals surface area contributed by atoms with Crippen LogP contribution in [0.4, 0.5) is 0 Å². The van der Waals surface area contributed by atoms with E-state index in [9.17, 15) is 0 Å². The van der Waals surface area contributed by atoms with Gasteiger partial charge in [0.15, 0.2) is 0 Å². The first-order chi connectivity index (χ1) is 6.10. The second kappa shape index (κ2) is 7.17. The van der Waals surface area contributed by atoms with Crippen molar-refractivity contribution in [2.24, 2.45) is 11.8 Å².